The van der Waals surface area contributed by atoms with Crippen molar-refractivity contribution in [2.24, 2.45) is 0 Å². The van der Waals surface area contributed by atoms with Crippen LogP contribution in [-0.2, 0) is 14.3 Å². The smallest absolute Gasteiger partial charge is 0.338 e. The van der Waals surface area contributed by atoms with Crippen molar-refractivity contribution in [1.82, 2.24) is 0 Å². The number of ether oxygens (including phenoxy) is 1. The van der Waals surface area contributed by atoms with Crippen molar-refractivity contribution >= 4 is 40.8 Å². The zero-order chi connectivity index (χ0) is 24.6. The molecule has 0 heterocycles. The third kappa shape index (κ3) is 11.3. The molecule has 0 aliphatic rings. The van der Waals surface area contributed by atoms with Crippen LogP contribution in [0.15, 0.2) is 48.5 Å². The average Bonchev–Trinajstić information content (AvgIpc) is 2.83. The van der Waals surface area contributed by atoms with E-state index < -0.39 is 18.5 Å². The van der Waals surface area contributed by atoms with Crippen LogP contribution in [0.25, 0.3) is 0 Å². The SMILES string of the molecule is CCCCCCCCCCCC(=O)Nc1cccc(C(=O)OCC(=O)Nc2ccc(Cl)cc2)c1. The van der Waals surface area contributed by atoms with Gasteiger partial charge in [0.05, 0.1) is 5.56 Å². The molecule has 0 bridgehead atoms. The van der Waals surface area contributed by atoms with Crippen molar-refractivity contribution in [2.45, 2.75) is 71.1 Å². The standard InChI is InChI=1S/C27H35ClN2O4/c1-2-3-4-5-6-7-8-9-10-14-25(31)30-24-13-11-12-21(19-24)27(33)34-20-26(32)29-23-17-15-22(28)16-18-23/h11-13,15-19H,2-10,14,20H2,1H3,(H,29,32)(H,30,31). The van der Waals surface area contributed by atoms with Gasteiger partial charge in [-0.3, -0.25) is 9.59 Å². The Balaban J connectivity index is 1.66. The van der Waals surface area contributed by atoms with E-state index in [0.29, 0.717) is 22.8 Å². The van der Waals surface area contributed by atoms with Crippen molar-refractivity contribution < 1.29 is 19.1 Å². The largest absolute Gasteiger partial charge is 0.452 e. The Labute approximate surface area is 207 Å². The number of nitrogens with one attached hydrogen (secondary N) is 2. The molecule has 2 aromatic carbocycles. The lowest BCUT2D eigenvalue weighted by atomic mass is 10.1. The molecule has 2 rings (SSSR count). The summed E-state index contributed by atoms with van der Waals surface area (Å²) in [7, 11) is 0. The quantitative estimate of drug-likeness (QED) is 0.210. The first-order valence-electron chi connectivity index (χ1n) is 12.1. The number of carbonyl (C=O) groups is 3. The van der Waals surface area contributed by atoms with Gasteiger partial charge >= 0.3 is 5.97 Å². The van der Waals surface area contributed by atoms with E-state index in [4.69, 9.17) is 16.3 Å². The molecule has 34 heavy (non-hydrogen) atoms. The van der Waals surface area contributed by atoms with Crippen LogP contribution in [0.1, 0.15) is 81.5 Å². The summed E-state index contributed by atoms with van der Waals surface area (Å²) in [6, 6.07) is 13.1. The van der Waals surface area contributed by atoms with E-state index >= 15 is 0 Å². The highest BCUT2D eigenvalue weighted by atomic mass is 35.5. The number of unbranched alkanes of at least 4 members (excludes halogenated alkanes) is 8. The van der Waals surface area contributed by atoms with Crippen molar-refractivity contribution in [3.8, 4) is 0 Å². The lowest BCUT2D eigenvalue weighted by molar-refractivity contribution is -0.119. The minimum absolute atomic E-state index is 0.0733. The topological polar surface area (TPSA) is 84.5 Å². The highest BCUT2D eigenvalue weighted by Crippen LogP contribution is 2.15. The first-order chi connectivity index (χ1) is 16.5. The van der Waals surface area contributed by atoms with E-state index in [1.165, 1.54) is 38.5 Å². The number of halogens is 1. The maximum absolute atomic E-state index is 12.3. The van der Waals surface area contributed by atoms with Crippen molar-refractivity contribution in [3.05, 3.63) is 59.1 Å². The van der Waals surface area contributed by atoms with Gasteiger partial charge in [-0.1, -0.05) is 76.0 Å². The zero-order valence-electron chi connectivity index (χ0n) is 19.9. The van der Waals surface area contributed by atoms with Crippen LogP contribution in [0.3, 0.4) is 0 Å². The molecule has 0 saturated carbocycles. The van der Waals surface area contributed by atoms with E-state index in [1.54, 1.807) is 48.5 Å². The molecule has 0 fully saturated rings. The predicted octanol–water partition coefficient (Wildman–Crippen LogP) is 6.99. The van der Waals surface area contributed by atoms with Gasteiger partial charge in [-0.25, -0.2) is 4.79 Å². The molecule has 0 aliphatic heterocycles. The van der Waals surface area contributed by atoms with Gasteiger partial charge in [0.1, 0.15) is 0 Å². The van der Waals surface area contributed by atoms with Gasteiger partial charge in [-0.15, -0.1) is 0 Å². The number of carbonyl (C=O) groups excluding carboxylic acids is 3. The molecule has 0 atom stereocenters. The van der Waals surface area contributed by atoms with Crippen LogP contribution in [0.2, 0.25) is 5.02 Å². The summed E-state index contributed by atoms with van der Waals surface area (Å²) < 4.78 is 5.09. The molecule has 7 heteroatoms. The van der Waals surface area contributed by atoms with Crippen LogP contribution < -0.4 is 10.6 Å². The molecule has 2 amide bonds. The van der Waals surface area contributed by atoms with Crippen molar-refractivity contribution in [2.75, 3.05) is 17.2 Å². The molecular formula is C27H35ClN2O4. The summed E-state index contributed by atoms with van der Waals surface area (Å²) in [5.74, 6) is -1.17. The number of amides is 2. The second-order valence-corrected chi connectivity index (χ2v) is 8.78. The fourth-order valence-electron chi connectivity index (χ4n) is 3.49. The molecule has 2 aromatic rings. The molecule has 0 aliphatic carbocycles. The van der Waals surface area contributed by atoms with Gasteiger partial charge in [-0.05, 0) is 48.9 Å². The fourth-order valence-corrected chi connectivity index (χ4v) is 3.61. The Morgan fingerprint density at radius 2 is 1.38 bits per heavy atom. The van der Waals surface area contributed by atoms with Crippen LogP contribution in [0, 0.1) is 0 Å². The van der Waals surface area contributed by atoms with Crippen LogP contribution in [0.4, 0.5) is 11.4 Å². The zero-order valence-corrected chi connectivity index (χ0v) is 20.7. The summed E-state index contributed by atoms with van der Waals surface area (Å²) in [4.78, 5) is 36.5. The highest BCUT2D eigenvalue weighted by molar-refractivity contribution is 6.30. The molecule has 0 radical (unpaired) electrons. The number of esters is 1. The van der Waals surface area contributed by atoms with Crippen molar-refractivity contribution in [3.63, 3.8) is 0 Å². The van der Waals surface area contributed by atoms with E-state index in [2.05, 4.69) is 17.6 Å². The van der Waals surface area contributed by atoms with Crippen LogP contribution in [-0.4, -0.2) is 24.4 Å². The molecule has 2 N–H and O–H groups in total. The Morgan fingerprint density at radius 1 is 0.765 bits per heavy atom. The second-order valence-electron chi connectivity index (χ2n) is 8.34. The average molecular weight is 487 g/mol. The normalized spacial score (nSPS) is 10.5. The number of hydrogen-bond donors (Lipinski definition) is 2. The number of benzene rings is 2. The molecule has 0 spiro atoms. The predicted molar refractivity (Wildman–Crippen MR) is 137 cm³/mol. The van der Waals surface area contributed by atoms with Gasteiger partial charge in [0.15, 0.2) is 6.61 Å². The second kappa shape index (κ2) is 15.9. The van der Waals surface area contributed by atoms with Gasteiger partial charge in [0.2, 0.25) is 5.91 Å². The molecular weight excluding hydrogens is 452 g/mol. The third-order valence-corrected chi connectivity index (χ3v) is 5.60. The number of anilines is 2. The van der Waals surface area contributed by atoms with Crippen LogP contribution >= 0.6 is 11.6 Å². The molecule has 0 saturated heterocycles. The highest BCUT2D eigenvalue weighted by Gasteiger charge is 2.12. The molecule has 0 aromatic heterocycles. The Hall–Kier alpha value is -2.86. The van der Waals surface area contributed by atoms with Gasteiger partial charge in [0.25, 0.3) is 5.91 Å². The minimum Gasteiger partial charge on any atom is -0.452 e. The monoisotopic (exact) mass is 486 g/mol. The van der Waals surface area contributed by atoms with Crippen LogP contribution in [0.5, 0.6) is 0 Å². The molecule has 184 valence electrons. The third-order valence-electron chi connectivity index (χ3n) is 5.35. The first-order valence-corrected chi connectivity index (χ1v) is 12.5. The lowest BCUT2D eigenvalue weighted by Gasteiger charge is -2.09. The van der Waals surface area contributed by atoms with E-state index in [0.717, 1.165) is 19.3 Å². The van der Waals surface area contributed by atoms with E-state index in [1.807, 2.05) is 0 Å². The number of rotatable bonds is 15. The van der Waals surface area contributed by atoms with Gasteiger partial charge in [0, 0.05) is 22.8 Å². The summed E-state index contributed by atoms with van der Waals surface area (Å²) in [6.07, 6.45) is 11.2. The van der Waals surface area contributed by atoms with E-state index in [-0.39, 0.29) is 11.5 Å². The fraction of sp³-hybridized carbons (Fsp3) is 0.444. The minimum atomic E-state index is -0.638. The van der Waals surface area contributed by atoms with E-state index in [9.17, 15) is 14.4 Å². The molecule has 6 nitrogen and oxygen atoms in total. The lowest BCUT2D eigenvalue weighted by Crippen LogP contribution is -2.21. The Bertz CT molecular complexity index is 915. The maximum atomic E-state index is 12.3. The number of hydrogen-bond acceptors (Lipinski definition) is 4. The van der Waals surface area contributed by atoms with Gasteiger partial charge < -0.3 is 15.4 Å². The Morgan fingerprint density at radius 3 is 2.06 bits per heavy atom. The maximum Gasteiger partial charge on any atom is 0.338 e. The summed E-state index contributed by atoms with van der Waals surface area (Å²) >= 11 is 5.82. The molecule has 0 unspecified atom stereocenters. The summed E-state index contributed by atoms with van der Waals surface area (Å²) in [5, 5.41) is 6.01. The van der Waals surface area contributed by atoms with Gasteiger partial charge in [-0.2, -0.15) is 0 Å². The summed E-state index contributed by atoms with van der Waals surface area (Å²) in [5.41, 5.74) is 1.35. The summed E-state index contributed by atoms with van der Waals surface area (Å²) in [6.45, 7) is 1.80. The first kappa shape index (κ1) is 27.4. The Kier molecular flexibility index (Phi) is 12.8. The van der Waals surface area contributed by atoms with Crippen molar-refractivity contribution in [1.29, 1.82) is 0 Å².